The van der Waals surface area contributed by atoms with Gasteiger partial charge in [-0.3, -0.25) is 9.78 Å². The van der Waals surface area contributed by atoms with Crippen LogP contribution in [0.1, 0.15) is 27.6 Å². The smallest absolute Gasteiger partial charge is 0.407 e. The molecule has 0 saturated carbocycles. The lowest BCUT2D eigenvalue weighted by molar-refractivity contribution is 0.102. The van der Waals surface area contributed by atoms with Crippen LogP contribution in [0.15, 0.2) is 73.1 Å². The van der Waals surface area contributed by atoms with Gasteiger partial charge in [0.2, 0.25) is 0 Å². The number of hydrogen-bond acceptors (Lipinski definition) is 5. The topological polar surface area (TPSA) is 106 Å². The van der Waals surface area contributed by atoms with Crippen LogP contribution in [0.5, 0.6) is 0 Å². The molecule has 0 aliphatic rings. The van der Waals surface area contributed by atoms with Crippen LogP contribution in [-0.2, 0) is 4.74 Å². The van der Waals surface area contributed by atoms with Crippen LogP contribution in [0.2, 0.25) is 0 Å². The zero-order valence-corrected chi connectivity index (χ0v) is 15.3. The Morgan fingerprint density at radius 2 is 1.75 bits per heavy atom. The van der Waals surface area contributed by atoms with E-state index in [0.717, 1.165) is 5.56 Å². The molecule has 0 spiro atoms. The van der Waals surface area contributed by atoms with Crippen molar-refractivity contribution >= 4 is 23.4 Å². The monoisotopic (exact) mass is 376 g/mol. The van der Waals surface area contributed by atoms with Gasteiger partial charge in [-0.15, -0.1) is 0 Å². The van der Waals surface area contributed by atoms with E-state index in [1.54, 1.807) is 67.0 Å². The Hall–Kier alpha value is -3.87. The number of carbonyl (C=O) groups excluding carboxylic acids is 2. The molecule has 2 amide bonds. The maximum atomic E-state index is 12.5. The van der Waals surface area contributed by atoms with Crippen molar-refractivity contribution in [2.45, 2.75) is 6.10 Å². The predicted octanol–water partition coefficient (Wildman–Crippen LogP) is 3.36. The van der Waals surface area contributed by atoms with Crippen LogP contribution in [0.4, 0.5) is 16.2 Å². The molecular weight excluding hydrogens is 356 g/mol. The number of aromatic nitrogens is 1. The highest BCUT2D eigenvalue weighted by Crippen LogP contribution is 2.26. The van der Waals surface area contributed by atoms with E-state index in [1.807, 2.05) is 6.07 Å². The van der Waals surface area contributed by atoms with Crippen LogP contribution in [0, 0.1) is 0 Å². The van der Waals surface area contributed by atoms with E-state index in [0.29, 0.717) is 22.5 Å². The lowest BCUT2D eigenvalue weighted by Gasteiger charge is -2.18. The Balaban J connectivity index is 1.81. The number of alkyl carbamates (subject to hydrolysis) is 1. The van der Waals surface area contributed by atoms with Crippen molar-refractivity contribution in [1.82, 2.24) is 10.3 Å². The molecule has 0 aliphatic carbocycles. The first kappa shape index (κ1) is 18.9. The minimum absolute atomic E-state index is 0.283. The van der Waals surface area contributed by atoms with Gasteiger partial charge in [-0.1, -0.05) is 30.3 Å². The number of ether oxygens (including phenoxy) is 1. The Labute approximate surface area is 162 Å². The fraction of sp³-hybridized carbons (Fsp3) is 0.0952. The van der Waals surface area contributed by atoms with Crippen molar-refractivity contribution in [2.75, 3.05) is 18.1 Å². The molecular formula is C21H20N4O3. The summed E-state index contributed by atoms with van der Waals surface area (Å²) in [6.07, 6.45) is 2.07. The number of amides is 2. The second-order valence-corrected chi connectivity index (χ2v) is 5.99. The highest BCUT2D eigenvalue weighted by atomic mass is 16.6. The molecule has 0 bridgehead atoms. The standard InChI is InChI=1S/C21H20N4O3/c1-23-21(27)28-19(16-5-4-12-24-13-16)14-8-10-15(11-9-14)20(26)25-18-7-3-2-6-17(18)22/h2-13,19H,22H2,1H3,(H,23,27)(H,25,26). The average Bonchev–Trinajstić information content (AvgIpc) is 2.74. The van der Waals surface area contributed by atoms with Gasteiger partial charge in [0.15, 0.2) is 6.10 Å². The van der Waals surface area contributed by atoms with Gasteiger partial charge < -0.3 is 21.1 Å². The summed E-state index contributed by atoms with van der Waals surface area (Å²) in [5.41, 5.74) is 8.79. The van der Waals surface area contributed by atoms with Crippen LogP contribution < -0.4 is 16.4 Å². The lowest BCUT2D eigenvalue weighted by Crippen LogP contribution is -2.22. The van der Waals surface area contributed by atoms with Crippen molar-refractivity contribution in [3.8, 4) is 0 Å². The maximum Gasteiger partial charge on any atom is 0.407 e. The van der Waals surface area contributed by atoms with Crippen LogP contribution in [-0.4, -0.2) is 24.0 Å². The molecule has 1 aromatic heterocycles. The van der Waals surface area contributed by atoms with Gasteiger partial charge in [0.25, 0.3) is 5.91 Å². The summed E-state index contributed by atoms with van der Waals surface area (Å²) in [6, 6.07) is 17.4. The van der Waals surface area contributed by atoms with Crippen molar-refractivity contribution in [2.24, 2.45) is 0 Å². The summed E-state index contributed by atoms with van der Waals surface area (Å²) >= 11 is 0. The Kier molecular flexibility index (Phi) is 5.86. The summed E-state index contributed by atoms with van der Waals surface area (Å²) in [6.45, 7) is 0. The van der Waals surface area contributed by atoms with Crippen LogP contribution in [0.3, 0.4) is 0 Å². The quantitative estimate of drug-likeness (QED) is 0.592. The van der Waals surface area contributed by atoms with Crippen molar-refractivity contribution < 1.29 is 14.3 Å². The zero-order chi connectivity index (χ0) is 19.9. The summed E-state index contributed by atoms with van der Waals surface area (Å²) in [5, 5.41) is 5.22. The zero-order valence-electron chi connectivity index (χ0n) is 15.3. The largest absolute Gasteiger partial charge is 0.436 e. The number of nitrogens with two attached hydrogens (primary N) is 1. The minimum atomic E-state index is -0.643. The first-order valence-electron chi connectivity index (χ1n) is 8.62. The Bertz CT molecular complexity index is 959. The number of anilines is 2. The van der Waals surface area contributed by atoms with Crippen molar-refractivity contribution in [3.63, 3.8) is 0 Å². The molecule has 3 rings (SSSR count). The lowest BCUT2D eigenvalue weighted by atomic mass is 10.0. The summed E-state index contributed by atoms with van der Waals surface area (Å²) in [4.78, 5) is 28.3. The fourth-order valence-electron chi connectivity index (χ4n) is 2.64. The first-order chi connectivity index (χ1) is 13.6. The van der Waals surface area contributed by atoms with E-state index in [4.69, 9.17) is 10.5 Å². The average molecular weight is 376 g/mol. The van der Waals surface area contributed by atoms with Gasteiger partial charge in [0.1, 0.15) is 0 Å². The molecule has 0 aliphatic heterocycles. The van der Waals surface area contributed by atoms with E-state index in [9.17, 15) is 9.59 Å². The Morgan fingerprint density at radius 1 is 1.00 bits per heavy atom. The molecule has 7 nitrogen and oxygen atoms in total. The molecule has 7 heteroatoms. The third-order valence-electron chi connectivity index (χ3n) is 4.10. The van der Waals surface area contributed by atoms with Crippen LogP contribution >= 0.6 is 0 Å². The molecule has 4 N–H and O–H groups in total. The SMILES string of the molecule is CNC(=O)OC(c1ccc(C(=O)Nc2ccccc2N)cc1)c1cccnc1. The number of pyridine rings is 1. The molecule has 1 heterocycles. The number of benzene rings is 2. The molecule has 0 radical (unpaired) electrons. The number of para-hydroxylation sites is 2. The van der Waals surface area contributed by atoms with Gasteiger partial charge >= 0.3 is 6.09 Å². The van der Waals surface area contributed by atoms with E-state index in [-0.39, 0.29) is 5.91 Å². The molecule has 1 unspecified atom stereocenters. The number of carbonyl (C=O) groups is 2. The van der Waals surface area contributed by atoms with E-state index >= 15 is 0 Å². The summed E-state index contributed by atoms with van der Waals surface area (Å²) in [7, 11) is 1.49. The molecule has 0 fully saturated rings. The Morgan fingerprint density at radius 3 is 2.39 bits per heavy atom. The predicted molar refractivity (Wildman–Crippen MR) is 107 cm³/mol. The van der Waals surface area contributed by atoms with Crippen molar-refractivity contribution in [3.05, 3.63) is 89.7 Å². The second-order valence-electron chi connectivity index (χ2n) is 5.99. The third-order valence-corrected chi connectivity index (χ3v) is 4.10. The van der Waals surface area contributed by atoms with Gasteiger partial charge in [-0.25, -0.2) is 4.79 Å². The van der Waals surface area contributed by atoms with E-state index in [1.165, 1.54) is 7.05 Å². The second kappa shape index (κ2) is 8.68. The molecule has 0 saturated heterocycles. The van der Waals surface area contributed by atoms with Crippen LogP contribution in [0.25, 0.3) is 0 Å². The first-order valence-corrected chi connectivity index (χ1v) is 8.62. The van der Waals surface area contributed by atoms with E-state index in [2.05, 4.69) is 15.6 Å². The number of nitrogens with zero attached hydrogens (tertiary/aromatic N) is 1. The van der Waals surface area contributed by atoms with E-state index < -0.39 is 12.2 Å². The maximum absolute atomic E-state index is 12.5. The van der Waals surface area contributed by atoms with Gasteiger partial charge in [0.05, 0.1) is 11.4 Å². The molecule has 2 aromatic carbocycles. The van der Waals surface area contributed by atoms with Gasteiger partial charge in [-0.05, 0) is 35.9 Å². The van der Waals surface area contributed by atoms with Crippen molar-refractivity contribution in [1.29, 1.82) is 0 Å². The highest BCUT2D eigenvalue weighted by molar-refractivity contribution is 6.05. The molecule has 28 heavy (non-hydrogen) atoms. The van der Waals surface area contributed by atoms with Gasteiger partial charge in [-0.2, -0.15) is 0 Å². The highest BCUT2D eigenvalue weighted by Gasteiger charge is 2.19. The summed E-state index contributed by atoms with van der Waals surface area (Å²) in [5.74, 6) is -0.283. The summed E-state index contributed by atoms with van der Waals surface area (Å²) < 4.78 is 5.48. The number of hydrogen-bond donors (Lipinski definition) is 3. The van der Waals surface area contributed by atoms with Gasteiger partial charge in [0, 0.05) is 30.6 Å². The molecule has 3 aromatic rings. The molecule has 1 atom stereocenters. The normalized spacial score (nSPS) is 11.3. The minimum Gasteiger partial charge on any atom is -0.436 e. The number of nitrogen functional groups attached to an aromatic ring is 1. The fourth-order valence-corrected chi connectivity index (χ4v) is 2.64. The number of rotatable bonds is 5. The third kappa shape index (κ3) is 4.45. The molecule has 142 valence electrons. The number of nitrogens with one attached hydrogen (secondary N) is 2.